The van der Waals surface area contributed by atoms with Crippen molar-refractivity contribution in [2.45, 2.75) is 32.4 Å². The summed E-state index contributed by atoms with van der Waals surface area (Å²) in [5.74, 6) is -0.109. The van der Waals surface area contributed by atoms with Crippen molar-refractivity contribution in [2.24, 2.45) is 0 Å². The molecule has 4 heteroatoms. The number of hydrogen-bond donors (Lipinski definition) is 0. The Morgan fingerprint density at radius 3 is 3.00 bits per heavy atom. The summed E-state index contributed by atoms with van der Waals surface area (Å²) in [6.45, 7) is 3.92. The Balaban J connectivity index is 2.04. The molecule has 0 radical (unpaired) electrons. The number of halogens is 1. The predicted molar refractivity (Wildman–Crippen MR) is 71.5 cm³/mol. The summed E-state index contributed by atoms with van der Waals surface area (Å²) in [6.07, 6.45) is 1.91. The Morgan fingerprint density at radius 2 is 2.28 bits per heavy atom. The molecule has 1 aliphatic rings. The van der Waals surface area contributed by atoms with Crippen molar-refractivity contribution in [3.63, 3.8) is 0 Å². The summed E-state index contributed by atoms with van der Waals surface area (Å²) in [4.78, 5) is 14.0. The van der Waals surface area contributed by atoms with E-state index in [9.17, 15) is 4.79 Å². The third kappa shape index (κ3) is 3.03. The summed E-state index contributed by atoms with van der Waals surface area (Å²) in [6, 6.07) is 7.66. The molecule has 18 heavy (non-hydrogen) atoms. The largest absolute Gasteiger partial charge is 0.465 e. The van der Waals surface area contributed by atoms with Gasteiger partial charge in [-0.05, 0) is 37.9 Å². The molecule has 0 spiro atoms. The second kappa shape index (κ2) is 6.21. The average Bonchev–Trinajstić information content (AvgIpc) is 2.81. The van der Waals surface area contributed by atoms with Crippen molar-refractivity contribution in [3.8, 4) is 0 Å². The fraction of sp³-hybridized carbons (Fsp3) is 0.500. The lowest BCUT2D eigenvalue weighted by Crippen LogP contribution is -2.36. The summed E-state index contributed by atoms with van der Waals surface area (Å²) in [5.41, 5.74) is 1.07. The molecule has 0 aliphatic carbocycles. The monoisotopic (exact) mass is 267 g/mol. The smallest absolute Gasteiger partial charge is 0.323 e. The van der Waals surface area contributed by atoms with Crippen molar-refractivity contribution in [1.82, 2.24) is 4.90 Å². The summed E-state index contributed by atoms with van der Waals surface area (Å²) < 4.78 is 5.11. The Bertz CT molecular complexity index is 422. The van der Waals surface area contributed by atoms with E-state index in [2.05, 4.69) is 4.90 Å². The second-order valence-electron chi connectivity index (χ2n) is 4.47. The van der Waals surface area contributed by atoms with Gasteiger partial charge in [-0.3, -0.25) is 9.69 Å². The molecule has 0 aromatic heterocycles. The van der Waals surface area contributed by atoms with E-state index in [4.69, 9.17) is 16.3 Å². The van der Waals surface area contributed by atoms with Crippen LogP contribution >= 0.6 is 11.6 Å². The van der Waals surface area contributed by atoms with Crippen LogP contribution in [-0.2, 0) is 16.1 Å². The number of likely N-dealkylation sites (tertiary alicyclic amines) is 1. The van der Waals surface area contributed by atoms with E-state index < -0.39 is 0 Å². The van der Waals surface area contributed by atoms with Crippen LogP contribution in [0.15, 0.2) is 24.3 Å². The third-order valence-electron chi connectivity index (χ3n) is 3.25. The summed E-state index contributed by atoms with van der Waals surface area (Å²) in [5, 5.41) is 0.756. The van der Waals surface area contributed by atoms with Crippen LogP contribution in [0, 0.1) is 0 Å². The number of carbonyl (C=O) groups excluding carboxylic acids is 1. The van der Waals surface area contributed by atoms with Gasteiger partial charge in [-0.25, -0.2) is 0 Å². The van der Waals surface area contributed by atoms with Gasteiger partial charge < -0.3 is 4.74 Å². The molecule has 98 valence electrons. The first kappa shape index (κ1) is 13.4. The van der Waals surface area contributed by atoms with Crippen LogP contribution in [0.4, 0.5) is 0 Å². The van der Waals surface area contributed by atoms with Gasteiger partial charge in [-0.15, -0.1) is 0 Å². The average molecular weight is 268 g/mol. The van der Waals surface area contributed by atoms with Gasteiger partial charge in [-0.1, -0.05) is 29.8 Å². The van der Waals surface area contributed by atoms with Gasteiger partial charge in [0.1, 0.15) is 6.04 Å². The van der Waals surface area contributed by atoms with Crippen LogP contribution in [0.2, 0.25) is 5.02 Å². The highest BCUT2D eigenvalue weighted by Crippen LogP contribution is 2.24. The van der Waals surface area contributed by atoms with Gasteiger partial charge in [0.15, 0.2) is 0 Å². The molecule has 0 amide bonds. The van der Waals surface area contributed by atoms with E-state index in [1.54, 1.807) is 0 Å². The predicted octanol–water partition coefficient (Wildman–Crippen LogP) is 2.87. The highest BCUT2D eigenvalue weighted by Gasteiger charge is 2.31. The van der Waals surface area contributed by atoms with E-state index in [0.717, 1.165) is 30.0 Å². The van der Waals surface area contributed by atoms with Crippen LogP contribution in [-0.4, -0.2) is 30.1 Å². The normalized spacial score (nSPS) is 20.0. The molecule has 1 atom stereocenters. The molecule has 1 saturated heterocycles. The van der Waals surface area contributed by atoms with Crippen molar-refractivity contribution in [3.05, 3.63) is 34.9 Å². The third-order valence-corrected chi connectivity index (χ3v) is 3.62. The van der Waals surface area contributed by atoms with Crippen molar-refractivity contribution in [2.75, 3.05) is 13.2 Å². The van der Waals surface area contributed by atoms with Crippen LogP contribution < -0.4 is 0 Å². The van der Waals surface area contributed by atoms with Gasteiger partial charge in [0.25, 0.3) is 0 Å². The summed E-state index contributed by atoms with van der Waals surface area (Å²) in [7, 11) is 0. The number of rotatable bonds is 4. The number of carbonyl (C=O) groups is 1. The minimum absolute atomic E-state index is 0.109. The fourth-order valence-corrected chi connectivity index (χ4v) is 2.56. The van der Waals surface area contributed by atoms with Gasteiger partial charge in [-0.2, -0.15) is 0 Å². The van der Waals surface area contributed by atoms with E-state index in [1.807, 2.05) is 31.2 Å². The van der Waals surface area contributed by atoms with Crippen LogP contribution in [0.25, 0.3) is 0 Å². The minimum Gasteiger partial charge on any atom is -0.465 e. The highest BCUT2D eigenvalue weighted by molar-refractivity contribution is 6.31. The molecular formula is C14H18ClNO2. The number of ether oxygens (including phenoxy) is 1. The Labute approximate surface area is 113 Å². The highest BCUT2D eigenvalue weighted by atomic mass is 35.5. The molecule has 1 aromatic carbocycles. The van der Waals surface area contributed by atoms with E-state index in [1.165, 1.54) is 0 Å². The van der Waals surface area contributed by atoms with Crippen molar-refractivity contribution in [1.29, 1.82) is 0 Å². The number of nitrogens with zero attached hydrogens (tertiary/aromatic N) is 1. The van der Waals surface area contributed by atoms with Crippen LogP contribution in [0.1, 0.15) is 25.3 Å². The molecule has 1 heterocycles. The van der Waals surface area contributed by atoms with Crippen LogP contribution in [0.3, 0.4) is 0 Å². The molecule has 1 aliphatic heterocycles. The minimum atomic E-state index is -0.110. The summed E-state index contributed by atoms with van der Waals surface area (Å²) >= 11 is 6.15. The Morgan fingerprint density at radius 1 is 1.50 bits per heavy atom. The molecule has 2 rings (SSSR count). The van der Waals surface area contributed by atoms with Crippen molar-refractivity contribution >= 4 is 17.6 Å². The lowest BCUT2D eigenvalue weighted by atomic mass is 10.2. The fourth-order valence-electron chi connectivity index (χ4n) is 2.37. The molecule has 3 nitrogen and oxygen atoms in total. The first-order valence-electron chi connectivity index (χ1n) is 6.36. The molecule has 0 bridgehead atoms. The van der Waals surface area contributed by atoms with Gasteiger partial charge in [0, 0.05) is 11.6 Å². The SMILES string of the molecule is CCOC(=O)C1CCCN1Cc1ccccc1Cl. The second-order valence-corrected chi connectivity index (χ2v) is 4.88. The van der Waals surface area contributed by atoms with Crippen molar-refractivity contribution < 1.29 is 9.53 Å². The number of esters is 1. The maximum Gasteiger partial charge on any atom is 0.323 e. The zero-order chi connectivity index (χ0) is 13.0. The molecule has 1 aromatic rings. The first-order chi connectivity index (χ1) is 8.72. The molecule has 1 fully saturated rings. The number of benzene rings is 1. The Hall–Kier alpha value is -1.06. The van der Waals surface area contributed by atoms with E-state index >= 15 is 0 Å². The first-order valence-corrected chi connectivity index (χ1v) is 6.74. The topological polar surface area (TPSA) is 29.5 Å². The Kier molecular flexibility index (Phi) is 4.61. The zero-order valence-electron chi connectivity index (χ0n) is 10.6. The van der Waals surface area contributed by atoms with Gasteiger partial charge in [0.05, 0.1) is 6.61 Å². The maximum absolute atomic E-state index is 11.8. The number of hydrogen-bond acceptors (Lipinski definition) is 3. The van der Waals surface area contributed by atoms with E-state index in [0.29, 0.717) is 13.2 Å². The lowest BCUT2D eigenvalue weighted by Gasteiger charge is -2.23. The van der Waals surface area contributed by atoms with Gasteiger partial charge >= 0.3 is 5.97 Å². The zero-order valence-corrected chi connectivity index (χ0v) is 11.3. The van der Waals surface area contributed by atoms with Gasteiger partial charge in [0.2, 0.25) is 0 Å². The van der Waals surface area contributed by atoms with Crippen LogP contribution in [0.5, 0.6) is 0 Å². The molecule has 0 N–H and O–H groups in total. The lowest BCUT2D eigenvalue weighted by molar-refractivity contribution is -0.148. The maximum atomic E-state index is 11.8. The molecular weight excluding hydrogens is 250 g/mol. The standard InChI is InChI=1S/C14H18ClNO2/c1-2-18-14(17)13-8-5-9-16(13)10-11-6-3-4-7-12(11)15/h3-4,6-7,13H,2,5,8-10H2,1H3. The van der Waals surface area contributed by atoms with E-state index in [-0.39, 0.29) is 12.0 Å². The molecule has 1 unspecified atom stereocenters. The molecule has 0 saturated carbocycles. The quantitative estimate of drug-likeness (QED) is 0.786.